The number of nitrogens with zero attached hydrogens (tertiary/aromatic N) is 5. The third-order valence-corrected chi connectivity index (χ3v) is 6.93. The molecule has 3 atom stereocenters. The summed E-state index contributed by atoms with van der Waals surface area (Å²) in [7, 11) is 0. The van der Waals surface area contributed by atoms with E-state index in [1.807, 2.05) is 35.2 Å². The molecule has 1 aliphatic heterocycles. The fraction of sp³-hybridized carbons (Fsp3) is 0.375. The summed E-state index contributed by atoms with van der Waals surface area (Å²) in [6.45, 7) is -0.0600. The van der Waals surface area contributed by atoms with Crippen molar-refractivity contribution in [3.63, 3.8) is 0 Å². The Morgan fingerprint density at radius 1 is 1.09 bits per heavy atom. The molecule has 9 nitrogen and oxygen atoms in total. The Kier molecular flexibility index (Phi) is 4.46. The van der Waals surface area contributed by atoms with E-state index < -0.39 is 11.9 Å². The number of nitrogens with two attached hydrogens (primary N) is 1. The van der Waals surface area contributed by atoms with Crippen LogP contribution < -0.4 is 10.6 Å². The molecule has 2 aliphatic carbocycles. The number of fused-ring (bicyclic) bond motifs is 2. The van der Waals surface area contributed by atoms with E-state index in [0.717, 1.165) is 24.9 Å². The second-order valence-corrected chi connectivity index (χ2v) is 9.15. The Bertz CT molecular complexity index is 1270. The normalized spacial score (nSPS) is 23.4. The maximum Gasteiger partial charge on any atom is 0.269 e. The van der Waals surface area contributed by atoms with Crippen LogP contribution in [0.2, 0.25) is 0 Å². The zero-order chi connectivity index (χ0) is 22.7. The van der Waals surface area contributed by atoms with Crippen molar-refractivity contribution in [3.05, 3.63) is 54.5 Å². The lowest BCUT2D eigenvalue weighted by molar-refractivity contribution is -0.139. The second-order valence-electron chi connectivity index (χ2n) is 9.15. The summed E-state index contributed by atoms with van der Waals surface area (Å²) in [6, 6.07) is 11.2. The number of rotatable bonds is 6. The molecule has 3 aliphatic rings. The maximum absolute atomic E-state index is 13.7. The van der Waals surface area contributed by atoms with E-state index in [9.17, 15) is 14.4 Å². The zero-order valence-corrected chi connectivity index (χ0v) is 18.0. The first kappa shape index (κ1) is 19.9. The SMILES string of the molecule is NC(=O)c1nn(CC(=O)N2[C@@H]3C[C@@H]3C[C@H]2C(=O)N(c2ccccc2)C2CC2)c2ccncc12. The van der Waals surface area contributed by atoms with Gasteiger partial charge in [0, 0.05) is 30.2 Å². The third-order valence-electron chi connectivity index (χ3n) is 6.93. The molecule has 1 aromatic carbocycles. The molecule has 9 heteroatoms. The predicted molar refractivity (Wildman–Crippen MR) is 120 cm³/mol. The molecule has 2 aromatic heterocycles. The molecule has 1 saturated heterocycles. The number of carbonyl (C=O) groups is 3. The Balaban J connectivity index is 1.29. The summed E-state index contributed by atoms with van der Waals surface area (Å²) in [5, 5.41) is 4.80. The highest BCUT2D eigenvalue weighted by atomic mass is 16.2. The number of hydrogen-bond donors (Lipinski definition) is 1. The molecule has 2 saturated carbocycles. The molecule has 3 fully saturated rings. The molecule has 3 amide bonds. The number of hydrogen-bond acceptors (Lipinski definition) is 5. The van der Waals surface area contributed by atoms with Crippen LogP contribution in [0.15, 0.2) is 48.8 Å². The first-order chi connectivity index (χ1) is 16.0. The molecule has 3 aromatic rings. The van der Waals surface area contributed by atoms with Gasteiger partial charge < -0.3 is 15.5 Å². The minimum absolute atomic E-state index is 0.00315. The molecular weight excluding hydrogens is 420 g/mol. The standard InChI is InChI=1S/C24H24N6O3/c25-23(32)22-17-12-26-9-8-18(17)28(27-22)13-21(31)30-19-10-14(19)11-20(30)24(33)29(16-6-7-16)15-4-2-1-3-5-15/h1-5,8-9,12,14,16,19-20H,6-7,10-11,13H2,(H2,25,32)/t14-,19-,20+/m1/s1. The van der Waals surface area contributed by atoms with Gasteiger partial charge in [0.1, 0.15) is 12.6 Å². The number of likely N-dealkylation sites (tertiary alicyclic amines) is 1. The highest BCUT2D eigenvalue weighted by molar-refractivity contribution is 6.04. The van der Waals surface area contributed by atoms with Gasteiger partial charge in [0.2, 0.25) is 11.8 Å². The fourth-order valence-corrected chi connectivity index (χ4v) is 5.17. The average Bonchev–Trinajstić information content (AvgIpc) is 3.73. The molecule has 0 unspecified atom stereocenters. The van der Waals surface area contributed by atoms with E-state index in [-0.39, 0.29) is 36.1 Å². The van der Waals surface area contributed by atoms with Crippen molar-refractivity contribution in [3.8, 4) is 0 Å². The van der Waals surface area contributed by atoms with Gasteiger partial charge in [0.15, 0.2) is 5.69 Å². The number of pyridine rings is 1. The molecule has 0 radical (unpaired) electrons. The van der Waals surface area contributed by atoms with Gasteiger partial charge in [-0.2, -0.15) is 5.10 Å². The van der Waals surface area contributed by atoms with Crippen LogP contribution in [0, 0.1) is 5.92 Å². The number of carbonyl (C=O) groups excluding carboxylic acids is 3. The number of piperidine rings is 1. The maximum atomic E-state index is 13.7. The summed E-state index contributed by atoms with van der Waals surface area (Å²) in [4.78, 5) is 46.7. The number of amides is 3. The van der Waals surface area contributed by atoms with Crippen molar-refractivity contribution in [2.45, 2.75) is 50.4 Å². The molecule has 0 bridgehead atoms. The first-order valence-corrected chi connectivity index (χ1v) is 11.3. The highest BCUT2D eigenvalue weighted by Crippen LogP contribution is 2.49. The van der Waals surface area contributed by atoms with Crippen LogP contribution in [0.4, 0.5) is 5.69 Å². The zero-order valence-electron chi connectivity index (χ0n) is 18.0. The lowest BCUT2D eigenvalue weighted by Gasteiger charge is -2.32. The lowest BCUT2D eigenvalue weighted by Crippen LogP contribution is -2.51. The van der Waals surface area contributed by atoms with Crippen molar-refractivity contribution >= 4 is 34.3 Å². The van der Waals surface area contributed by atoms with Crippen LogP contribution in [0.25, 0.3) is 10.9 Å². The smallest absolute Gasteiger partial charge is 0.269 e. The fourth-order valence-electron chi connectivity index (χ4n) is 5.17. The van der Waals surface area contributed by atoms with Crippen molar-refractivity contribution in [1.82, 2.24) is 19.7 Å². The van der Waals surface area contributed by atoms with Gasteiger partial charge >= 0.3 is 0 Å². The number of aromatic nitrogens is 3. The summed E-state index contributed by atoms with van der Waals surface area (Å²) in [5.41, 5.74) is 7.06. The Labute approximate surface area is 190 Å². The number of anilines is 1. The Morgan fingerprint density at radius 2 is 1.88 bits per heavy atom. The van der Waals surface area contributed by atoms with E-state index in [2.05, 4.69) is 10.1 Å². The molecule has 3 heterocycles. The molecular formula is C24H24N6O3. The van der Waals surface area contributed by atoms with Gasteiger partial charge in [-0.1, -0.05) is 18.2 Å². The topological polar surface area (TPSA) is 114 Å². The van der Waals surface area contributed by atoms with E-state index in [1.165, 1.54) is 10.9 Å². The summed E-state index contributed by atoms with van der Waals surface area (Å²) in [6.07, 6.45) is 6.70. The Hall–Kier alpha value is -3.75. The van der Waals surface area contributed by atoms with Crippen molar-refractivity contribution in [2.75, 3.05) is 4.90 Å². The monoisotopic (exact) mass is 444 g/mol. The van der Waals surface area contributed by atoms with Crippen LogP contribution in [0.1, 0.15) is 36.2 Å². The Morgan fingerprint density at radius 3 is 2.61 bits per heavy atom. The minimum Gasteiger partial charge on any atom is -0.364 e. The van der Waals surface area contributed by atoms with Crippen molar-refractivity contribution in [1.29, 1.82) is 0 Å². The second kappa shape index (κ2) is 7.40. The summed E-state index contributed by atoms with van der Waals surface area (Å²) < 4.78 is 1.49. The van der Waals surface area contributed by atoms with Crippen LogP contribution in [0.5, 0.6) is 0 Å². The minimum atomic E-state index is -0.668. The average molecular weight is 444 g/mol. The van der Waals surface area contributed by atoms with E-state index in [4.69, 9.17) is 5.73 Å². The van der Waals surface area contributed by atoms with Crippen LogP contribution in [0.3, 0.4) is 0 Å². The third kappa shape index (κ3) is 3.35. The van der Waals surface area contributed by atoms with Gasteiger partial charge in [-0.3, -0.25) is 24.0 Å². The lowest BCUT2D eigenvalue weighted by atomic mass is 10.1. The van der Waals surface area contributed by atoms with E-state index >= 15 is 0 Å². The number of benzene rings is 1. The molecule has 2 N–H and O–H groups in total. The molecule has 6 rings (SSSR count). The van der Waals surface area contributed by atoms with Gasteiger partial charge in [0.25, 0.3) is 5.91 Å². The van der Waals surface area contributed by atoms with Gasteiger partial charge in [-0.05, 0) is 49.8 Å². The molecule has 168 valence electrons. The highest BCUT2D eigenvalue weighted by Gasteiger charge is 2.57. The summed E-state index contributed by atoms with van der Waals surface area (Å²) in [5.74, 6) is -0.464. The van der Waals surface area contributed by atoms with Gasteiger partial charge in [0.05, 0.1) is 10.9 Å². The first-order valence-electron chi connectivity index (χ1n) is 11.3. The predicted octanol–water partition coefficient (Wildman–Crippen LogP) is 1.72. The molecule has 33 heavy (non-hydrogen) atoms. The summed E-state index contributed by atoms with van der Waals surface area (Å²) >= 11 is 0. The van der Waals surface area contributed by atoms with Gasteiger partial charge in [-0.25, -0.2) is 0 Å². The number of para-hydroxylation sites is 1. The van der Waals surface area contributed by atoms with Crippen LogP contribution in [-0.2, 0) is 16.1 Å². The van der Waals surface area contributed by atoms with E-state index in [0.29, 0.717) is 23.2 Å². The van der Waals surface area contributed by atoms with Gasteiger partial charge in [-0.15, -0.1) is 0 Å². The van der Waals surface area contributed by atoms with E-state index in [1.54, 1.807) is 17.2 Å². The molecule has 0 spiro atoms. The number of primary amides is 1. The van der Waals surface area contributed by atoms with Crippen LogP contribution >= 0.6 is 0 Å². The van der Waals surface area contributed by atoms with Crippen molar-refractivity contribution < 1.29 is 14.4 Å². The van der Waals surface area contributed by atoms with Crippen LogP contribution in [-0.4, -0.2) is 55.5 Å². The quantitative estimate of drug-likeness (QED) is 0.622. The largest absolute Gasteiger partial charge is 0.364 e. The van der Waals surface area contributed by atoms with Crippen molar-refractivity contribution in [2.24, 2.45) is 11.7 Å².